The SMILES string of the molecule is CC(CC(=O)O)NC(=O)NCCCNC1CC1. The lowest BCUT2D eigenvalue weighted by molar-refractivity contribution is -0.137. The van der Waals surface area contributed by atoms with Gasteiger partial charge in [0.1, 0.15) is 0 Å². The molecular weight excluding hydrogens is 222 g/mol. The molecular formula is C11H21N3O3. The summed E-state index contributed by atoms with van der Waals surface area (Å²) in [5, 5.41) is 17.1. The molecule has 0 aliphatic heterocycles. The number of nitrogens with one attached hydrogen (secondary N) is 3. The molecule has 1 saturated carbocycles. The van der Waals surface area contributed by atoms with Crippen LogP contribution in [0.2, 0.25) is 0 Å². The summed E-state index contributed by atoms with van der Waals surface area (Å²) in [5.74, 6) is -0.911. The zero-order valence-electron chi connectivity index (χ0n) is 10.2. The minimum atomic E-state index is -0.911. The number of carbonyl (C=O) groups is 2. The van der Waals surface area contributed by atoms with Crippen molar-refractivity contribution in [1.82, 2.24) is 16.0 Å². The summed E-state index contributed by atoms with van der Waals surface area (Å²) >= 11 is 0. The van der Waals surface area contributed by atoms with E-state index >= 15 is 0 Å². The second-order valence-electron chi connectivity index (χ2n) is 4.48. The number of urea groups is 1. The molecule has 1 unspecified atom stereocenters. The molecule has 0 bridgehead atoms. The van der Waals surface area contributed by atoms with Crippen LogP contribution in [-0.4, -0.2) is 42.3 Å². The quantitative estimate of drug-likeness (QED) is 0.461. The Morgan fingerprint density at radius 2 is 2.06 bits per heavy atom. The first-order valence-electron chi connectivity index (χ1n) is 6.07. The van der Waals surface area contributed by atoms with Crippen molar-refractivity contribution in [2.75, 3.05) is 13.1 Å². The van der Waals surface area contributed by atoms with Crippen LogP contribution < -0.4 is 16.0 Å². The molecule has 1 aliphatic rings. The van der Waals surface area contributed by atoms with Gasteiger partial charge >= 0.3 is 12.0 Å². The lowest BCUT2D eigenvalue weighted by atomic mass is 10.2. The molecule has 1 aliphatic carbocycles. The number of rotatable bonds is 8. The zero-order valence-corrected chi connectivity index (χ0v) is 10.2. The van der Waals surface area contributed by atoms with Crippen molar-refractivity contribution in [3.05, 3.63) is 0 Å². The Hall–Kier alpha value is -1.30. The molecule has 0 aromatic heterocycles. The van der Waals surface area contributed by atoms with Crippen molar-refractivity contribution < 1.29 is 14.7 Å². The monoisotopic (exact) mass is 243 g/mol. The topological polar surface area (TPSA) is 90.5 Å². The third kappa shape index (κ3) is 7.57. The van der Waals surface area contributed by atoms with Gasteiger partial charge < -0.3 is 21.1 Å². The molecule has 6 heteroatoms. The normalized spacial score (nSPS) is 16.3. The van der Waals surface area contributed by atoms with Crippen LogP contribution in [0.5, 0.6) is 0 Å². The van der Waals surface area contributed by atoms with E-state index in [1.807, 2.05) is 0 Å². The summed E-state index contributed by atoms with van der Waals surface area (Å²) in [4.78, 5) is 21.7. The molecule has 4 N–H and O–H groups in total. The van der Waals surface area contributed by atoms with Gasteiger partial charge in [0.2, 0.25) is 0 Å². The highest BCUT2D eigenvalue weighted by Crippen LogP contribution is 2.18. The van der Waals surface area contributed by atoms with Gasteiger partial charge in [-0.3, -0.25) is 4.79 Å². The number of hydrogen-bond donors (Lipinski definition) is 4. The number of aliphatic carboxylic acids is 1. The Labute approximate surface area is 101 Å². The molecule has 2 amide bonds. The van der Waals surface area contributed by atoms with Gasteiger partial charge in [0.25, 0.3) is 0 Å². The average molecular weight is 243 g/mol. The molecule has 98 valence electrons. The molecule has 17 heavy (non-hydrogen) atoms. The summed E-state index contributed by atoms with van der Waals surface area (Å²) in [6.45, 7) is 3.18. The van der Waals surface area contributed by atoms with E-state index in [0.29, 0.717) is 12.6 Å². The van der Waals surface area contributed by atoms with E-state index in [1.165, 1.54) is 12.8 Å². The molecule has 0 aromatic carbocycles. The van der Waals surface area contributed by atoms with Gasteiger partial charge in [-0.2, -0.15) is 0 Å². The average Bonchev–Trinajstić information content (AvgIpc) is 2.99. The lowest BCUT2D eigenvalue weighted by Gasteiger charge is -2.12. The predicted molar refractivity (Wildman–Crippen MR) is 63.9 cm³/mol. The Bertz CT molecular complexity index is 267. The maximum Gasteiger partial charge on any atom is 0.315 e. The number of carbonyl (C=O) groups excluding carboxylic acids is 1. The minimum absolute atomic E-state index is 0.0589. The molecule has 1 atom stereocenters. The smallest absolute Gasteiger partial charge is 0.315 e. The van der Waals surface area contributed by atoms with Crippen molar-refractivity contribution in [2.45, 2.75) is 44.7 Å². The Balaban J connectivity index is 1.93. The van der Waals surface area contributed by atoms with Crippen LogP contribution in [0.25, 0.3) is 0 Å². The summed E-state index contributed by atoms with van der Waals surface area (Å²) < 4.78 is 0. The second kappa shape index (κ2) is 7.11. The van der Waals surface area contributed by atoms with Crippen LogP contribution in [0.4, 0.5) is 4.79 Å². The maximum atomic E-state index is 11.3. The van der Waals surface area contributed by atoms with Gasteiger partial charge in [-0.25, -0.2) is 4.79 Å². The van der Waals surface area contributed by atoms with E-state index in [-0.39, 0.29) is 18.5 Å². The first kappa shape index (κ1) is 13.8. The van der Waals surface area contributed by atoms with Crippen LogP contribution in [0.3, 0.4) is 0 Å². The Morgan fingerprint density at radius 1 is 1.35 bits per heavy atom. The minimum Gasteiger partial charge on any atom is -0.481 e. The van der Waals surface area contributed by atoms with Crippen molar-refractivity contribution in [3.63, 3.8) is 0 Å². The molecule has 1 fully saturated rings. The van der Waals surface area contributed by atoms with Crippen LogP contribution in [0.15, 0.2) is 0 Å². The molecule has 0 aromatic rings. The van der Waals surface area contributed by atoms with Crippen LogP contribution in [-0.2, 0) is 4.79 Å². The largest absolute Gasteiger partial charge is 0.481 e. The number of hydrogen-bond acceptors (Lipinski definition) is 3. The third-order valence-electron chi connectivity index (χ3n) is 2.51. The molecule has 0 radical (unpaired) electrons. The number of amides is 2. The molecule has 6 nitrogen and oxygen atoms in total. The highest BCUT2D eigenvalue weighted by atomic mass is 16.4. The lowest BCUT2D eigenvalue weighted by Crippen LogP contribution is -2.42. The predicted octanol–water partition coefficient (Wildman–Crippen LogP) is 0.291. The summed E-state index contributed by atoms with van der Waals surface area (Å²) in [5.41, 5.74) is 0. The summed E-state index contributed by atoms with van der Waals surface area (Å²) in [7, 11) is 0. The fourth-order valence-electron chi connectivity index (χ4n) is 1.47. The maximum absolute atomic E-state index is 11.3. The Morgan fingerprint density at radius 3 is 2.65 bits per heavy atom. The molecule has 0 heterocycles. The molecule has 0 spiro atoms. The highest BCUT2D eigenvalue weighted by Gasteiger charge is 2.19. The van der Waals surface area contributed by atoms with E-state index in [4.69, 9.17) is 5.11 Å². The van der Waals surface area contributed by atoms with Gasteiger partial charge in [0.05, 0.1) is 6.42 Å². The second-order valence-corrected chi connectivity index (χ2v) is 4.48. The van der Waals surface area contributed by atoms with Gasteiger partial charge in [0, 0.05) is 18.6 Å². The van der Waals surface area contributed by atoms with E-state index in [1.54, 1.807) is 6.92 Å². The van der Waals surface area contributed by atoms with Crippen molar-refractivity contribution in [1.29, 1.82) is 0 Å². The first-order valence-corrected chi connectivity index (χ1v) is 6.07. The number of carboxylic acid groups (broad SMARTS) is 1. The van der Waals surface area contributed by atoms with Gasteiger partial charge in [-0.1, -0.05) is 0 Å². The summed E-state index contributed by atoms with van der Waals surface area (Å²) in [6.07, 6.45) is 3.36. The first-order chi connectivity index (χ1) is 8.08. The highest BCUT2D eigenvalue weighted by molar-refractivity contribution is 5.75. The zero-order chi connectivity index (χ0) is 12.7. The Kier molecular flexibility index (Phi) is 5.76. The van der Waals surface area contributed by atoms with Gasteiger partial charge in [-0.15, -0.1) is 0 Å². The van der Waals surface area contributed by atoms with E-state index < -0.39 is 5.97 Å². The molecule has 1 rings (SSSR count). The summed E-state index contributed by atoms with van der Waals surface area (Å²) in [6, 6.07) is 0.0432. The van der Waals surface area contributed by atoms with Crippen molar-refractivity contribution >= 4 is 12.0 Å². The van der Waals surface area contributed by atoms with E-state index in [0.717, 1.165) is 13.0 Å². The van der Waals surface area contributed by atoms with Crippen LogP contribution in [0, 0.1) is 0 Å². The standard InChI is InChI=1S/C11H21N3O3/c1-8(7-10(15)16)14-11(17)13-6-2-5-12-9-3-4-9/h8-9,12H,2-7H2,1H3,(H,15,16)(H2,13,14,17). The fraction of sp³-hybridized carbons (Fsp3) is 0.818. The van der Waals surface area contributed by atoms with Crippen molar-refractivity contribution in [3.8, 4) is 0 Å². The third-order valence-corrected chi connectivity index (χ3v) is 2.51. The van der Waals surface area contributed by atoms with Gasteiger partial charge in [0.15, 0.2) is 0 Å². The van der Waals surface area contributed by atoms with Crippen LogP contribution >= 0.6 is 0 Å². The fourth-order valence-corrected chi connectivity index (χ4v) is 1.47. The number of carboxylic acids is 1. The van der Waals surface area contributed by atoms with Gasteiger partial charge in [-0.05, 0) is 32.7 Å². The van der Waals surface area contributed by atoms with Crippen LogP contribution in [0.1, 0.15) is 32.6 Å². The molecule has 0 saturated heterocycles. The van der Waals surface area contributed by atoms with E-state index in [2.05, 4.69) is 16.0 Å². The van der Waals surface area contributed by atoms with E-state index in [9.17, 15) is 9.59 Å². The van der Waals surface area contributed by atoms with Crippen molar-refractivity contribution in [2.24, 2.45) is 0 Å².